The molecule has 0 saturated heterocycles. The van der Waals surface area contributed by atoms with Gasteiger partial charge in [0.2, 0.25) is 5.91 Å². The van der Waals surface area contributed by atoms with Crippen molar-refractivity contribution >= 4 is 5.91 Å². The summed E-state index contributed by atoms with van der Waals surface area (Å²) in [7, 11) is 1.64. The normalized spacial score (nSPS) is 15.0. The van der Waals surface area contributed by atoms with Crippen LogP contribution in [0.4, 0.5) is 0 Å². The molecule has 19 heavy (non-hydrogen) atoms. The van der Waals surface area contributed by atoms with Crippen molar-refractivity contribution in [2.24, 2.45) is 0 Å². The van der Waals surface area contributed by atoms with E-state index in [1.54, 1.807) is 7.11 Å². The zero-order valence-electron chi connectivity index (χ0n) is 11.5. The predicted octanol–water partition coefficient (Wildman–Crippen LogP) is 1.20. The molecular formula is C15H22N2O2. The lowest BCUT2D eigenvalue weighted by Gasteiger charge is -2.28. The predicted molar refractivity (Wildman–Crippen MR) is 74.9 cm³/mol. The molecule has 0 unspecified atom stereocenters. The smallest absolute Gasteiger partial charge is 0.221 e. The number of methoxy groups -OCH3 is 1. The van der Waals surface area contributed by atoms with Gasteiger partial charge in [0, 0.05) is 39.7 Å². The van der Waals surface area contributed by atoms with Crippen LogP contribution in [0, 0.1) is 0 Å². The second-order valence-electron chi connectivity index (χ2n) is 4.89. The lowest BCUT2D eigenvalue weighted by molar-refractivity contribution is -0.121. The minimum atomic E-state index is 0.107. The second-order valence-corrected chi connectivity index (χ2v) is 4.89. The highest BCUT2D eigenvalue weighted by atomic mass is 16.5. The van der Waals surface area contributed by atoms with E-state index >= 15 is 0 Å². The van der Waals surface area contributed by atoms with Crippen LogP contribution in [0.1, 0.15) is 17.5 Å². The van der Waals surface area contributed by atoms with Crippen LogP contribution in [0.5, 0.6) is 0 Å². The van der Waals surface area contributed by atoms with Gasteiger partial charge in [0.25, 0.3) is 0 Å². The van der Waals surface area contributed by atoms with E-state index in [9.17, 15) is 4.79 Å². The molecule has 104 valence electrons. The molecule has 0 aliphatic carbocycles. The third-order valence-corrected chi connectivity index (χ3v) is 3.49. The fraction of sp³-hybridized carbons (Fsp3) is 0.533. The van der Waals surface area contributed by atoms with E-state index in [2.05, 4.69) is 34.5 Å². The first-order valence-electron chi connectivity index (χ1n) is 6.84. The van der Waals surface area contributed by atoms with Crippen molar-refractivity contribution in [3.8, 4) is 0 Å². The molecular weight excluding hydrogens is 240 g/mol. The summed E-state index contributed by atoms with van der Waals surface area (Å²) < 4.78 is 4.90. The van der Waals surface area contributed by atoms with Crippen molar-refractivity contribution in [1.82, 2.24) is 10.2 Å². The first-order chi connectivity index (χ1) is 9.29. The molecule has 0 saturated carbocycles. The van der Waals surface area contributed by atoms with Crippen molar-refractivity contribution in [2.45, 2.75) is 19.4 Å². The Balaban J connectivity index is 1.72. The number of benzene rings is 1. The molecule has 1 aliphatic heterocycles. The summed E-state index contributed by atoms with van der Waals surface area (Å²) in [4.78, 5) is 14.0. The van der Waals surface area contributed by atoms with Gasteiger partial charge >= 0.3 is 0 Å². The van der Waals surface area contributed by atoms with Gasteiger partial charge in [-0.05, 0) is 17.5 Å². The molecule has 4 nitrogen and oxygen atoms in total. The van der Waals surface area contributed by atoms with E-state index in [1.807, 2.05) is 0 Å². The van der Waals surface area contributed by atoms with Gasteiger partial charge in [-0.25, -0.2) is 0 Å². The standard InChI is InChI=1S/C15H22N2O2/c1-19-11-8-16-15(18)7-10-17-9-6-13-4-2-3-5-14(13)12-17/h2-5H,6-12H2,1H3,(H,16,18). The molecule has 0 atom stereocenters. The van der Waals surface area contributed by atoms with Crippen LogP contribution < -0.4 is 5.32 Å². The van der Waals surface area contributed by atoms with Gasteiger partial charge in [-0.15, -0.1) is 0 Å². The number of nitrogens with zero attached hydrogens (tertiary/aromatic N) is 1. The zero-order chi connectivity index (χ0) is 13.5. The average molecular weight is 262 g/mol. The van der Waals surface area contributed by atoms with Crippen LogP contribution in [-0.2, 0) is 22.5 Å². The van der Waals surface area contributed by atoms with E-state index in [4.69, 9.17) is 4.74 Å². The number of ether oxygens (including phenoxy) is 1. The van der Waals surface area contributed by atoms with Crippen LogP contribution in [0.25, 0.3) is 0 Å². The van der Waals surface area contributed by atoms with E-state index in [0.717, 1.165) is 26.1 Å². The molecule has 1 N–H and O–H groups in total. The van der Waals surface area contributed by atoms with Crippen molar-refractivity contribution in [3.05, 3.63) is 35.4 Å². The summed E-state index contributed by atoms with van der Waals surface area (Å²) >= 11 is 0. The Kier molecular flexibility index (Phi) is 5.36. The van der Waals surface area contributed by atoms with Crippen molar-refractivity contribution < 1.29 is 9.53 Å². The Morgan fingerprint density at radius 1 is 1.37 bits per heavy atom. The van der Waals surface area contributed by atoms with Gasteiger partial charge in [-0.2, -0.15) is 0 Å². The van der Waals surface area contributed by atoms with Crippen LogP contribution in [0.15, 0.2) is 24.3 Å². The van der Waals surface area contributed by atoms with Gasteiger partial charge < -0.3 is 10.1 Å². The number of nitrogens with one attached hydrogen (secondary N) is 1. The van der Waals surface area contributed by atoms with Gasteiger partial charge in [0.05, 0.1) is 6.61 Å². The van der Waals surface area contributed by atoms with Crippen LogP contribution in [0.3, 0.4) is 0 Å². The fourth-order valence-corrected chi connectivity index (χ4v) is 2.39. The minimum absolute atomic E-state index is 0.107. The summed E-state index contributed by atoms with van der Waals surface area (Å²) in [5.41, 5.74) is 2.84. The number of hydrogen-bond acceptors (Lipinski definition) is 3. The van der Waals surface area contributed by atoms with E-state index in [1.165, 1.54) is 11.1 Å². The Bertz CT molecular complexity index is 420. The Morgan fingerprint density at radius 2 is 2.16 bits per heavy atom. The third kappa shape index (κ3) is 4.33. The lowest BCUT2D eigenvalue weighted by Crippen LogP contribution is -2.35. The van der Waals surface area contributed by atoms with E-state index in [0.29, 0.717) is 19.6 Å². The first kappa shape index (κ1) is 14.0. The molecule has 4 heteroatoms. The number of rotatable bonds is 6. The van der Waals surface area contributed by atoms with Gasteiger partial charge in [0.15, 0.2) is 0 Å². The Hall–Kier alpha value is -1.39. The number of fused-ring (bicyclic) bond motifs is 1. The van der Waals surface area contributed by atoms with Crippen LogP contribution in [-0.4, -0.2) is 44.2 Å². The maximum atomic E-state index is 11.6. The molecule has 0 fully saturated rings. The highest BCUT2D eigenvalue weighted by Gasteiger charge is 2.15. The van der Waals surface area contributed by atoms with E-state index in [-0.39, 0.29) is 5.91 Å². The highest BCUT2D eigenvalue weighted by Crippen LogP contribution is 2.18. The van der Waals surface area contributed by atoms with Gasteiger partial charge in [-0.3, -0.25) is 9.69 Å². The molecule has 0 bridgehead atoms. The molecule has 1 aliphatic rings. The number of hydrogen-bond donors (Lipinski definition) is 1. The molecule has 1 amide bonds. The van der Waals surface area contributed by atoms with Crippen molar-refractivity contribution in [2.75, 3.05) is 33.4 Å². The summed E-state index contributed by atoms with van der Waals surface area (Å²) in [6.07, 6.45) is 1.65. The average Bonchev–Trinajstić information content (AvgIpc) is 2.45. The molecule has 0 radical (unpaired) electrons. The monoisotopic (exact) mass is 262 g/mol. The van der Waals surface area contributed by atoms with E-state index < -0.39 is 0 Å². The zero-order valence-corrected chi connectivity index (χ0v) is 11.5. The van der Waals surface area contributed by atoms with Crippen LogP contribution in [0.2, 0.25) is 0 Å². The molecule has 1 aromatic rings. The molecule has 2 rings (SSSR count). The van der Waals surface area contributed by atoms with Crippen molar-refractivity contribution in [1.29, 1.82) is 0 Å². The summed E-state index contributed by atoms with van der Waals surface area (Å²) in [5.74, 6) is 0.107. The molecule has 0 spiro atoms. The maximum Gasteiger partial charge on any atom is 0.221 e. The number of carbonyl (C=O) groups is 1. The second kappa shape index (κ2) is 7.26. The number of amides is 1. The topological polar surface area (TPSA) is 41.6 Å². The Morgan fingerprint density at radius 3 is 2.95 bits per heavy atom. The maximum absolute atomic E-state index is 11.6. The summed E-state index contributed by atoms with van der Waals surface area (Å²) in [6.45, 7) is 4.00. The number of carbonyl (C=O) groups excluding carboxylic acids is 1. The minimum Gasteiger partial charge on any atom is -0.383 e. The van der Waals surface area contributed by atoms with Crippen LogP contribution >= 0.6 is 0 Å². The Labute approximate surface area is 114 Å². The molecule has 1 aromatic carbocycles. The van der Waals surface area contributed by atoms with Gasteiger partial charge in [-0.1, -0.05) is 24.3 Å². The van der Waals surface area contributed by atoms with Gasteiger partial charge in [0.1, 0.15) is 0 Å². The fourth-order valence-electron chi connectivity index (χ4n) is 2.39. The quantitative estimate of drug-likeness (QED) is 0.783. The molecule has 0 aromatic heterocycles. The SMILES string of the molecule is COCCNC(=O)CCN1CCc2ccccc2C1. The molecule has 1 heterocycles. The lowest BCUT2D eigenvalue weighted by atomic mass is 10.00. The first-order valence-corrected chi connectivity index (χ1v) is 6.84. The summed E-state index contributed by atoms with van der Waals surface area (Å²) in [6, 6.07) is 8.56. The largest absolute Gasteiger partial charge is 0.383 e. The highest BCUT2D eigenvalue weighted by molar-refractivity contribution is 5.76. The van der Waals surface area contributed by atoms with Crippen molar-refractivity contribution in [3.63, 3.8) is 0 Å². The third-order valence-electron chi connectivity index (χ3n) is 3.49. The summed E-state index contributed by atoms with van der Waals surface area (Å²) in [5, 5.41) is 2.85.